The van der Waals surface area contributed by atoms with E-state index in [1.165, 1.54) is 0 Å². The molecule has 0 aliphatic rings. The fourth-order valence-corrected chi connectivity index (χ4v) is 0. The van der Waals surface area contributed by atoms with Gasteiger partial charge in [-0.05, 0) is 0 Å². The maximum atomic E-state index is 9.00. The predicted molar refractivity (Wildman–Crippen MR) is 43.4 cm³/mol. The van der Waals surface area contributed by atoms with Crippen molar-refractivity contribution in [3.05, 3.63) is 10.1 Å². The van der Waals surface area contributed by atoms with Crippen LogP contribution < -0.4 is 0 Å². The van der Waals surface area contributed by atoms with E-state index in [1.54, 1.807) is 0 Å². The van der Waals surface area contributed by atoms with Crippen LogP contribution in [0.15, 0.2) is 0 Å². The number of hydrogen-bond acceptors (Lipinski definition) is 4. The Morgan fingerprint density at radius 2 is 1.23 bits per heavy atom. The van der Waals surface area contributed by atoms with E-state index in [0.717, 1.165) is 13.8 Å². The van der Waals surface area contributed by atoms with Gasteiger partial charge in [-0.15, -0.1) is 10.1 Å². The number of rotatable bonds is 0. The fourth-order valence-electron chi connectivity index (χ4n) is 0. The summed E-state index contributed by atoms with van der Waals surface area (Å²) >= 11 is 0. The van der Waals surface area contributed by atoms with Gasteiger partial charge < -0.3 is 18.3 Å². The summed E-state index contributed by atoms with van der Waals surface area (Å²) in [5.74, 6) is -1.67. The molecule has 13 heavy (non-hydrogen) atoms. The average Bonchev–Trinajstić information content (AvgIpc) is 1.54. The Kier molecular flexibility index (Phi) is 31.1. The second-order valence-corrected chi connectivity index (χ2v) is 1.28. The van der Waals surface area contributed by atoms with Crippen molar-refractivity contribution in [1.82, 2.24) is 0 Å². The molecule has 0 heterocycles. The molecule has 0 spiro atoms. The minimum atomic E-state index is -1.50. The SMILES string of the molecule is CC(=O)O.CC(=O)O.O=[N+]([O-])O.[H-].[H-].[Sr+2]. The summed E-state index contributed by atoms with van der Waals surface area (Å²) in [7, 11) is 0. The molecule has 0 amide bonds. The van der Waals surface area contributed by atoms with Gasteiger partial charge in [0.1, 0.15) is 0 Å². The minimum absolute atomic E-state index is 0. The van der Waals surface area contributed by atoms with E-state index < -0.39 is 17.0 Å². The zero-order chi connectivity index (χ0) is 10.7. The Hall–Kier alpha value is -0.379. The summed E-state index contributed by atoms with van der Waals surface area (Å²) in [4.78, 5) is 26.4. The van der Waals surface area contributed by atoms with Crippen LogP contribution in [-0.4, -0.2) is 77.9 Å². The van der Waals surface area contributed by atoms with Crippen molar-refractivity contribution in [3.8, 4) is 0 Å². The molecule has 0 saturated carbocycles. The van der Waals surface area contributed by atoms with Gasteiger partial charge in [-0.2, -0.15) is 0 Å². The molecule has 76 valence electrons. The Morgan fingerprint density at radius 3 is 1.23 bits per heavy atom. The third-order valence-electron chi connectivity index (χ3n) is 0. The van der Waals surface area contributed by atoms with Crippen molar-refractivity contribution >= 4 is 57.4 Å². The molecule has 0 saturated heterocycles. The molecular weight excluding hydrogens is 262 g/mol. The Labute approximate surface area is 114 Å². The quantitative estimate of drug-likeness (QED) is 0.312. The van der Waals surface area contributed by atoms with Crippen LogP contribution in [0.25, 0.3) is 0 Å². The molecule has 3 N–H and O–H groups in total. The molecule has 0 radical (unpaired) electrons. The van der Waals surface area contributed by atoms with E-state index in [0.29, 0.717) is 0 Å². The van der Waals surface area contributed by atoms with E-state index in [1.807, 2.05) is 0 Å². The number of nitrogens with zero attached hydrogens (tertiary/aromatic N) is 1. The van der Waals surface area contributed by atoms with Crippen LogP contribution in [-0.2, 0) is 9.59 Å². The van der Waals surface area contributed by atoms with E-state index in [-0.39, 0.29) is 48.3 Å². The van der Waals surface area contributed by atoms with Gasteiger partial charge in [0.2, 0.25) is 0 Å². The molecule has 0 rings (SSSR count). The van der Waals surface area contributed by atoms with E-state index >= 15 is 0 Å². The van der Waals surface area contributed by atoms with Crippen molar-refractivity contribution < 1.29 is 32.9 Å². The van der Waals surface area contributed by atoms with Crippen LogP contribution in [0.5, 0.6) is 0 Å². The zero-order valence-electron chi connectivity index (χ0n) is 9.13. The summed E-state index contributed by atoms with van der Waals surface area (Å²) in [5, 5.41) is 28.5. The number of carboxylic acid groups (broad SMARTS) is 2. The summed E-state index contributed by atoms with van der Waals surface area (Å²) in [6.07, 6.45) is 0. The standard InChI is InChI=1S/2C2H4O2.HNO3.Sr.2H/c2*1-2(3)4;2-1(3)4;;;/h2*1H3,(H,3,4);(H,2,3,4);;;/q;;;+2;2*-1. The summed E-state index contributed by atoms with van der Waals surface area (Å²) in [6, 6.07) is 0. The molecular formula is C4H11NO7Sr. The first-order valence-corrected chi connectivity index (χ1v) is 2.42. The third kappa shape index (κ3) is 7470. The normalized spacial score (nSPS) is 5.69. The second kappa shape index (κ2) is 17.6. The van der Waals surface area contributed by atoms with Crippen molar-refractivity contribution in [2.24, 2.45) is 0 Å². The molecule has 0 aromatic carbocycles. The van der Waals surface area contributed by atoms with E-state index in [2.05, 4.69) is 0 Å². The molecule has 0 atom stereocenters. The van der Waals surface area contributed by atoms with Crippen molar-refractivity contribution in [2.75, 3.05) is 0 Å². The molecule has 8 nitrogen and oxygen atoms in total. The molecule has 0 fully saturated rings. The Morgan fingerprint density at radius 1 is 1.23 bits per heavy atom. The average molecular weight is 273 g/mol. The van der Waals surface area contributed by atoms with Crippen LogP contribution >= 0.6 is 0 Å². The number of hydrogen-bond donors (Lipinski definition) is 3. The first-order valence-electron chi connectivity index (χ1n) is 2.42. The predicted octanol–water partition coefficient (Wildman–Crippen LogP) is -0.322. The Bertz CT molecular complexity index is 127. The summed E-state index contributed by atoms with van der Waals surface area (Å²) in [5.41, 5.74) is 0. The van der Waals surface area contributed by atoms with Crippen molar-refractivity contribution in [3.63, 3.8) is 0 Å². The van der Waals surface area contributed by atoms with Crippen molar-refractivity contribution in [1.29, 1.82) is 0 Å². The maximum absolute atomic E-state index is 9.00. The van der Waals surface area contributed by atoms with Crippen LogP contribution in [0.1, 0.15) is 16.7 Å². The van der Waals surface area contributed by atoms with Crippen LogP contribution in [0.3, 0.4) is 0 Å². The van der Waals surface area contributed by atoms with Gasteiger partial charge in [-0.25, -0.2) is 0 Å². The minimum Gasteiger partial charge on any atom is -1.00 e. The second-order valence-electron chi connectivity index (χ2n) is 1.28. The van der Waals surface area contributed by atoms with Gasteiger partial charge in [0.15, 0.2) is 0 Å². The third-order valence-corrected chi connectivity index (χ3v) is 0. The van der Waals surface area contributed by atoms with Gasteiger partial charge >= 0.3 is 45.5 Å². The fraction of sp³-hybridized carbons (Fsp3) is 0.500. The van der Waals surface area contributed by atoms with Gasteiger partial charge in [0, 0.05) is 13.8 Å². The van der Waals surface area contributed by atoms with Crippen LogP contribution in [0, 0.1) is 10.1 Å². The smallest absolute Gasteiger partial charge is 1.00 e. The van der Waals surface area contributed by atoms with Gasteiger partial charge in [0.05, 0.1) is 0 Å². The van der Waals surface area contributed by atoms with Crippen LogP contribution in [0.4, 0.5) is 0 Å². The van der Waals surface area contributed by atoms with Gasteiger partial charge in [-0.1, -0.05) is 0 Å². The molecule has 0 aromatic heterocycles. The molecule has 9 heteroatoms. The first kappa shape index (κ1) is 22.9. The Balaban J connectivity index is -0.0000000184. The number of carbonyl (C=O) groups is 2. The molecule has 0 unspecified atom stereocenters. The molecule has 0 bridgehead atoms. The summed E-state index contributed by atoms with van der Waals surface area (Å²) < 4.78 is 0. The first-order chi connectivity index (χ1) is 5.20. The van der Waals surface area contributed by atoms with Gasteiger partial charge in [-0.3, -0.25) is 9.59 Å². The largest absolute Gasteiger partial charge is 2.00 e. The zero-order valence-corrected chi connectivity index (χ0v) is 10.6. The van der Waals surface area contributed by atoms with E-state index in [4.69, 9.17) is 35.1 Å². The van der Waals surface area contributed by atoms with Gasteiger partial charge in [0.25, 0.3) is 17.0 Å². The summed E-state index contributed by atoms with van der Waals surface area (Å²) in [6.45, 7) is 2.17. The van der Waals surface area contributed by atoms with Crippen molar-refractivity contribution in [2.45, 2.75) is 13.8 Å². The number of carboxylic acids is 2. The van der Waals surface area contributed by atoms with E-state index in [9.17, 15) is 0 Å². The maximum Gasteiger partial charge on any atom is 2.00 e. The molecule has 0 aliphatic heterocycles. The molecule has 0 aromatic rings. The topological polar surface area (TPSA) is 138 Å². The number of aliphatic carboxylic acids is 2. The molecule has 0 aliphatic carbocycles. The monoisotopic (exact) mass is 273 g/mol. The van der Waals surface area contributed by atoms with Crippen LogP contribution in [0.2, 0.25) is 0 Å².